The Balaban J connectivity index is 1.10. The van der Waals surface area contributed by atoms with Crippen molar-refractivity contribution >= 4 is 64.1 Å². The Labute approximate surface area is 350 Å². The Kier molecular flexibility index (Phi) is 8.00. The third-order valence-electron chi connectivity index (χ3n) is 11.6. The molecule has 0 aliphatic heterocycles. The topological polar surface area (TPSA) is 43.6 Å². The van der Waals surface area contributed by atoms with Gasteiger partial charge in [-0.1, -0.05) is 170 Å². The molecule has 3 aromatic heterocycles. The fourth-order valence-corrected chi connectivity index (χ4v) is 10.1. The molecule has 0 amide bonds. The van der Waals surface area contributed by atoms with Gasteiger partial charge in [0.1, 0.15) is 0 Å². The normalized spacial score (nSPS) is 11.7. The van der Waals surface area contributed by atoms with Crippen molar-refractivity contribution in [3.63, 3.8) is 0 Å². The summed E-state index contributed by atoms with van der Waals surface area (Å²) in [5.74, 6) is 1.86. The Morgan fingerprint density at radius 3 is 1.63 bits per heavy atom. The molecule has 0 radical (unpaired) electrons. The van der Waals surface area contributed by atoms with Crippen LogP contribution in [0.25, 0.3) is 115 Å². The van der Waals surface area contributed by atoms with E-state index in [0.29, 0.717) is 17.5 Å². The van der Waals surface area contributed by atoms with Crippen LogP contribution in [-0.2, 0) is 0 Å². The Hall–Kier alpha value is -7.73. The van der Waals surface area contributed by atoms with Crippen LogP contribution in [0.1, 0.15) is 0 Å². The number of hydrogen-bond acceptors (Lipinski definition) is 4. The number of thiophene rings is 1. The summed E-state index contributed by atoms with van der Waals surface area (Å²) in [6, 6.07) is 73.3. The lowest BCUT2D eigenvalue weighted by Gasteiger charge is -2.16. The van der Waals surface area contributed by atoms with E-state index in [2.05, 4.69) is 193 Å². The van der Waals surface area contributed by atoms with Crippen LogP contribution in [0.15, 0.2) is 206 Å². The van der Waals surface area contributed by atoms with E-state index in [9.17, 15) is 0 Å². The predicted molar refractivity (Wildman–Crippen MR) is 252 cm³/mol. The molecule has 0 unspecified atom stereocenters. The Morgan fingerprint density at radius 1 is 0.333 bits per heavy atom. The highest BCUT2D eigenvalue weighted by Gasteiger charge is 2.20. The fraction of sp³-hybridized carbons (Fsp3) is 0. The van der Waals surface area contributed by atoms with Crippen LogP contribution in [0, 0.1) is 0 Å². The predicted octanol–water partition coefficient (Wildman–Crippen LogP) is 14.8. The van der Waals surface area contributed by atoms with Gasteiger partial charge in [-0.05, 0) is 58.3 Å². The molecular weight excluding hydrogens is 749 g/mol. The molecule has 0 bridgehead atoms. The highest BCUT2D eigenvalue weighted by atomic mass is 32.1. The zero-order chi connectivity index (χ0) is 39.6. The van der Waals surface area contributed by atoms with E-state index in [0.717, 1.165) is 55.5 Å². The first-order chi connectivity index (χ1) is 29.7. The van der Waals surface area contributed by atoms with E-state index >= 15 is 0 Å². The highest BCUT2D eigenvalue weighted by Crippen LogP contribution is 2.44. The van der Waals surface area contributed by atoms with Crippen molar-refractivity contribution in [2.24, 2.45) is 0 Å². The summed E-state index contributed by atoms with van der Waals surface area (Å²) >= 11 is 1.85. The summed E-state index contributed by atoms with van der Waals surface area (Å²) in [6.07, 6.45) is 0. The van der Waals surface area contributed by atoms with Crippen molar-refractivity contribution in [2.45, 2.75) is 0 Å². The number of benzene rings is 9. The second-order valence-corrected chi connectivity index (χ2v) is 16.2. The second kappa shape index (κ2) is 14.0. The van der Waals surface area contributed by atoms with Gasteiger partial charge in [0.25, 0.3) is 0 Å². The van der Waals surface area contributed by atoms with Crippen LogP contribution in [0.2, 0.25) is 0 Å². The van der Waals surface area contributed by atoms with E-state index in [1.807, 2.05) is 29.5 Å². The van der Waals surface area contributed by atoms with Crippen molar-refractivity contribution in [3.8, 4) is 62.1 Å². The van der Waals surface area contributed by atoms with Gasteiger partial charge in [0.05, 0.1) is 16.7 Å². The molecule has 3 heterocycles. The lowest BCUT2D eigenvalue weighted by Crippen LogP contribution is -2.02. The maximum Gasteiger partial charge on any atom is 0.164 e. The van der Waals surface area contributed by atoms with Crippen LogP contribution in [-0.4, -0.2) is 19.5 Å². The van der Waals surface area contributed by atoms with Gasteiger partial charge >= 0.3 is 0 Å². The third kappa shape index (κ3) is 5.63. The lowest BCUT2D eigenvalue weighted by atomic mass is 9.94. The average Bonchev–Trinajstić information content (AvgIpc) is 3.88. The molecule has 60 heavy (non-hydrogen) atoms. The molecular formula is C55H34N4S. The van der Waals surface area contributed by atoms with Gasteiger partial charge in [-0.15, -0.1) is 11.3 Å². The van der Waals surface area contributed by atoms with Crippen LogP contribution in [0.3, 0.4) is 0 Å². The maximum absolute atomic E-state index is 5.36. The molecule has 0 aliphatic rings. The van der Waals surface area contributed by atoms with Crippen LogP contribution >= 0.6 is 11.3 Å². The molecule has 280 valence electrons. The van der Waals surface area contributed by atoms with E-state index in [1.165, 1.54) is 41.9 Å². The molecule has 0 spiro atoms. The SMILES string of the molecule is c1ccc(-c2nc(-c3ccc(-c4ccccc4)c(-n4c5ccccc5c5ccccc54)c3)nc(-c3cc(-c4cccc5c4sc4ccccc45)c4ccccc4c3)n2)cc1. The monoisotopic (exact) mass is 782 g/mol. The van der Waals surface area contributed by atoms with Gasteiger partial charge in [-0.3, -0.25) is 0 Å². The zero-order valence-electron chi connectivity index (χ0n) is 32.3. The first kappa shape index (κ1) is 34.3. The molecule has 4 nitrogen and oxygen atoms in total. The maximum atomic E-state index is 5.36. The summed E-state index contributed by atoms with van der Waals surface area (Å²) < 4.78 is 4.95. The Bertz CT molecular complexity index is 3550. The number of aromatic nitrogens is 4. The van der Waals surface area contributed by atoms with Crippen molar-refractivity contribution in [3.05, 3.63) is 206 Å². The minimum atomic E-state index is 0.613. The molecule has 12 aromatic rings. The van der Waals surface area contributed by atoms with Crippen LogP contribution in [0.4, 0.5) is 0 Å². The molecule has 0 N–H and O–H groups in total. The van der Waals surface area contributed by atoms with Gasteiger partial charge < -0.3 is 4.57 Å². The lowest BCUT2D eigenvalue weighted by molar-refractivity contribution is 1.07. The van der Waals surface area contributed by atoms with Gasteiger partial charge in [0, 0.05) is 58.8 Å². The largest absolute Gasteiger partial charge is 0.309 e. The molecule has 0 saturated heterocycles. The van der Waals surface area contributed by atoms with E-state index in [-0.39, 0.29) is 0 Å². The van der Waals surface area contributed by atoms with E-state index in [1.54, 1.807) is 0 Å². The van der Waals surface area contributed by atoms with Gasteiger partial charge in [-0.2, -0.15) is 0 Å². The molecule has 0 atom stereocenters. The number of fused-ring (bicyclic) bond motifs is 7. The highest BCUT2D eigenvalue weighted by molar-refractivity contribution is 7.26. The number of para-hydroxylation sites is 2. The van der Waals surface area contributed by atoms with Crippen LogP contribution < -0.4 is 0 Å². The Morgan fingerprint density at radius 2 is 0.900 bits per heavy atom. The van der Waals surface area contributed by atoms with Gasteiger partial charge in [-0.25, -0.2) is 15.0 Å². The summed E-state index contributed by atoms with van der Waals surface area (Å²) in [7, 11) is 0. The molecule has 9 aromatic carbocycles. The zero-order valence-corrected chi connectivity index (χ0v) is 33.1. The van der Waals surface area contributed by atoms with Gasteiger partial charge in [0.2, 0.25) is 0 Å². The molecule has 0 fully saturated rings. The number of hydrogen-bond donors (Lipinski definition) is 0. The quantitative estimate of drug-likeness (QED) is 0.169. The van der Waals surface area contributed by atoms with Gasteiger partial charge in [0.15, 0.2) is 17.5 Å². The average molecular weight is 783 g/mol. The van der Waals surface area contributed by atoms with Crippen molar-refractivity contribution in [1.82, 2.24) is 19.5 Å². The van der Waals surface area contributed by atoms with E-state index in [4.69, 9.17) is 15.0 Å². The number of rotatable bonds is 6. The summed E-state index contributed by atoms with van der Waals surface area (Å²) in [5.41, 5.74) is 10.7. The minimum absolute atomic E-state index is 0.613. The van der Waals surface area contributed by atoms with Crippen LogP contribution in [0.5, 0.6) is 0 Å². The molecule has 0 aliphatic carbocycles. The van der Waals surface area contributed by atoms with Crippen molar-refractivity contribution < 1.29 is 0 Å². The summed E-state index contributed by atoms with van der Waals surface area (Å²) in [6.45, 7) is 0. The smallest absolute Gasteiger partial charge is 0.164 e. The molecule has 12 rings (SSSR count). The molecule has 5 heteroatoms. The summed E-state index contributed by atoms with van der Waals surface area (Å²) in [4.78, 5) is 15.8. The minimum Gasteiger partial charge on any atom is -0.309 e. The standard InChI is InChI=1S/C55H34N4S/c1-3-16-35(17-4-1)41-31-30-38(34-50(41)59-48-27-12-9-22-42(48)43-23-10-13-28-49(43)59)54-56-53(36-18-5-2-6-19-36)57-55(58-54)39-32-37-20-7-8-21-40(37)47(33-39)46-26-15-25-45-44-24-11-14-29-51(44)60-52(45)46/h1-34H. The second-order valence-electron chi connectivity index (χ2n) is 15.2. The van der Waals surface area contributed by atoms with Crippen molar-refractivity contribution in [1.29, 1.82) is 0 Å². The first-order valence-electron chi connectivity index (χ1n) is 20.2. The number of nitrogens with zero attached hydrogens (tertiary/aromatic N) is 4. The summed E-state index contributed by atoms with van der Waals surface area (Å²) in [5, 5.41) is 7.31. The first-order valence-corrected chi connectivity index (χ1v) is 21.0. The molecule has 0 saturated carbocycles. The van der Waals surface area contributed by atoms with Crippen molar-refractivity contribution in [2.75, 3.05) is 0 Å². The van der Waals surface area contributed by atoms with E-state index < -0.39 is 0 Å². The third-order valence-corrected chi connectivity index (χ3v) is 12.9. The fourth-order valence-electron chi connectivity index (χ4n) is 8.87.